The summed E-state index contributed by atoms with van der Waals surface area (Å²) in [6.45, 7) is 4.79. The maximum Gasteiger partial charge on any atom is 0.253 e. The van der Waals surface area contributed by atoms with Crippen LogP contribution in [-0.4, -0.2) is 64.3 Å². The van der Waals surface area contributed by atoms with Gasteiger partial charge < -0.3 is 14.5 Å². The summed E-state index contributed by atoms with van der Waals surface area (Å²) in [7, 11) is 1.67. The molecule has 1 amide bonds. The number of aryl methyl sites for hydroxylation is 1. The summed E-state index contributed by atoms with van der Waals surface area (Å²) in [4.78, 5) is 17.0. The van der Waals surface area contributed by atoms with Gasteiger partial charge in [-0.25, -0.2) is 0 Å². The topological polar surface area (TPSA) is 76.4 Å². The molecule has 144 valence electrons. The highest BCUT2D eigenvalue weighted by atomic mass is 16.5. The van der Waals surface area contributed by atoms with Crippen molar-refractivity contribution in [2.45, 2.75) is 6.92 Å². The Balaban J connectivity index is 1.40. The van der Waals surface area contributed by atoms with Crippen LogP contribution in [0.2, 0.25) is 0 Å². The van der Waals surface area contributed by atoms with E-state index in [9.17, 15) is 4.79 Å². The number of carbonyl (C=O) groups excluding carboxylic acids is 1. The third kappa shape index (κ3) is 3.53. The molecule has 0 saturated carbocycles. The zero-order valence-corrected chi connectivity index (χ0v) is 15.9. The third-order valence-corrected chi connectivity index (χ3v) is 4.97. The second-order valence-electron chi connectivity index (χ2n) is 6.67. The lowest BCUT2D eigenvalue weighted by atomic mass is 10.1. The van der Waals surface area contributed by atoms with E-state index in [4.69, 9.17) is 4.74 Å². The summed E-state index contributed by atoms with van der Waals surface area (Å²) in [5.41, 5.74) is 2.62. The predicted octanol–water partition coefficient (Wildman–Crippen LogP) is 1.94. The molecule has 0 N–H and O–H groups in total. The molecular formula is C20H22N6O2. The molecule has 2 aromatic carbocycles. The molecule has 0 aliphatic carbocycles. The van der Waals surface area contributed by atoms with Crippen molar-refractivity contribution in [3.8, 4) is 11.4 Å². The molecule has 1 aliphatic rings. The Labute approximate surface area is 163 Å². The first-order valence-electron chi connectivity index (χ1n) is 9.19. The van der Waals surface area contributed by atoms with E-state index in [0.29, 0.717) is 24.5 Å². The van der Waals surface area contributed by atoms with Gasteiger partial charge in [-0.05, 0) is 53.7 Å². The molecule has 0 bridgehead atoms. The second kappa shape index (κ2) is 7.67. The minimum absolute atomic E-state index is 0.0466. The quantitative estimate of drug-likeness (QED) is 0.691. The van der Waals surface area contributed by atoms with Crippen LogP contribution in [0.1, 0.15) is 16.2 Å². The Kier molecular flexibility index (Phi) is 4.92. The summed E-state index contributed by atoms with van der Waals surface area (Å²) >= 11 is 0. The maximum atomic E-state index is 12.8. The van der Waals surface area contributed by atoms with Gasteiger partial charge >= 0.3 is 0 Å². The zero-order chi connectivity index (χ0) is 19.5. The highest BCUT2D eigenvalue weighted by Gasteiger charge is 2.22. The molecule has 1 saturated heterocycles. The second-order valence-corrected chi connectivity index (χ2v) is 6.67. The van der Waals surface area contributed by atoms with E-state index in [2.05, 4.69) is 26.5 Å². The predicted molar refractivity (Wildman–Crippen MR) is 105 cm³/mol. The van der Waals surface area contributed by atoms with Gasteiger partial charge in [-0.15, -0.1) is 5.10 Å². The van der Waals surface area contributed by atoms with Crippen molar-refractivity contribution in [3.63, 3.8) is 0 Å². The summed E-state index contributed by atoms with van der Waals surface area (Å²) in [5, 5.41) is 11.5. The molecular weight excluding hydrogens is 356 g/mol. The minimum atomic E-state index is 0.0466. The van der Waals surface area contributed by atoms with Crippen LogP contribution in [0.3, 0.4) is 0 Å². The van der Waals surface area contributed by atoms with E-state index in [1.54, 1.807) is 11.8 Å². The Morgan fingerprint density at radius 3 is 2.39 bits per heavy atom. The van der Waals surface area contributed by atoms with Crippen LogP contribution in [0.5, 0.6) is 5.75 Å². The van der Waals surface area contributed by atoms with E-state index < -0.39 is 0 Å². The van der Waals surface area contributed by atoms with Crippen molar-refractivity contribution in [1.29, 1.82) is 0 Å². The molecule has 2 heterocycles. The van der Waals surface area contributed by atoms with Gasteiger partial charge in [0.15, 0.2) is 5.82 Å². The van der Waals surface area contributed by atoms with Crippen LogP contribution in [0.25, 0.3) is 5.69 Å². The maximum absolute atomic E-state index is 12.8. The van der Waals surface area contributed by atoms with Gasteiger partial charge in [0.2, 0.25) is 0 Å². The van der Waals surface area contributed by atoms with Gasteiger partial charge in [-0.3, -0.25) is 4.79 Å². The minimum Gasteiger partial charge on any atom is -0.497 e. The number of nitrogens with zero attached hydrogens (tertiary/aromatic N) is 6. The van der Waals surface area contributed by atoms with E-state index in [1.807, 2.05) is 54.3 Å². The van der Waals surface area contributed by atoms with Crippen molar-refractivity contribution in [3.05, 3.63) is 59.9 Å². The fourth-order valence-corrected chi connectivity index (χ4v) is 3.37. The molecule has 0 unspecified atom stereocenters. The van der Waals surface area contributed by atoms with Gasteiger partial charge in [0, 0.05) is 43.5 Å². The van der Waals surface area contributed by atoms with Crippen molar-refractivity contribution in [2.75, 3.05) is 38.2 Å². The number of methoxy groups -OCH3 is 1. The number of piperazine rings is 1. The van der Waals surface area contributed by atoms with Gasteiger partial charge in [0.25, 0.3) is 5.91 Å². The van der Waals surface area contributed by atoms with Gasteiger partial charge in [0.05, 0.1) is 12.8 Å². The molecule has 4 rings (SSSR count). The number of hydrogen-bond donors (Lipinski definition) is 0. The first-order valence-corrected chi connectivity index (χ1v) is 9.19. The Morgan fingerprint density at radius 2 is 1.75 bits per heavy atom. The van der Waals surface area contributed by atoms with Crippen molar-refractivity contribution in [2.24, 2.45) is 0 Å². The average Bonchev–Trinajstić information content (AvgIpc) is 3.19. The SMILES string of the molecule is COc1cccc(N2CCN(C(=O)c3ccc(-n4nnnc4C)cc3)CC2)c1. The van der Waals surface area contributed by atoms with E-state index >= 15 is 0 Å². The summed E-state index contributed by atoms with van der Waals surface area (Å²) in [6.07, 6.45) is 0. The molecule has 0 spiro atoms. The van der Waals surface area contributed by atoms with Crippen LogP contribution in [-0.2, 0) is 0 Å². The largest absolute Gasteiger partial charge is 0.497 e. The smallest absolute Gasteiger partial charge is 0.253 e. The fraction of sp³-hybridized carbons (Fsp3) is 0.300. The molecule has 1 aromatic heterocycles. The van der Waals surface area contributed by atoms with Gasteiger partial charge in [-0.2, -0.15) is 4.68 Å². The molecule has 3 aromatic rings. The van der Waals surface area contributed by atoms with E-state index in [0.717, 1.165) is 30.2 Å². The number of aromatic nitrogens is 4. The van der Waals surface area contributed by atoms with E-state index in [-0.39, 0.29) is 5.91 Å². The number of tetrazole rings is 1. The van der Waals surface area contributed by atoms with Crippen LogP contribution in [0.4, 0.5) is 5.69 Å². The molecule has 1 aliphatic heterocycles. The zero-order valence-electron chi connectivity index (χ0n) is 15.9. The Bertz CT molecular complexity index is 961. The number of rotatable bonds is 4. The Morgan fingerprint density at radius 1 is 1.00 bits per heavy atom. The van der Waals surface area contributed by atoms with Crippen molar-refractivity contribution in [1.82, 2.24) is 25.1 Å². The normalized spacial score (nSPS) is 14.2. The van der Waals surface area contributed by atoms with Crippen molar-refractivity contribution < 1.29 is 9.53 Å². The lowest BCUT2D eigenvalue weighted by Gasteiger charge is -2.36. The first kappa shape index (κ1) is 18.0. The monoisotopic (exact) mass is 378 g/mol. The highest BCUT2D eigenvalue weighted by molar-refractivity contribution is 5.94. The number of anilines is 1. The molecule has 8 nitrogen and oxygen atoms in total. The molecule has 1 fully saturated rings. The fourth-order valence-electron chi connectivity index (χ4n) is 3.37. The number of amides is 1. The number of carbonyl (C=O) groups is 1. The summed E-state index contributed by atoms with van der Waals surface area (Å²) in [6, 6.07) is 15.4. The highest BCUT2D eigenvalue weighted by Crippen LogP contribution is 2.22. The van der Waals surface area contributed by atoms with Crippen LogP contribution in [0.15, 0.2) is 48.5 Å². The summed E-state index contributed by atoms with van der Waals surface area (Å²) in [5.74, 6) is 1.59. The first-order chi connectivity index (χ1) is 13.7. The third-order valence-electron chi connectivity index (χ3n) is 4.97. The average molecular weight is 378 g/mol. The van der Waals surface area contributed by atoms with Crippen LogP contribution < -0.4 is 9.64 Å². The lowest BCUT2D eigenvalue weighted by molar-refractivity contribution is 0.0747. The van der Waals surface area contributed by atoms with Gasteiger partial charge in [0.1, 0.15) is 5.75 Å². The number of ether oxygens (including phenoxy) is 1. The standard InChI is InChI=1S/C20H22N6O2/c1-15-21-22-23-26(15)17-8-6-16(7-9-17)20(27)25-12-10-24(11-13-25)18-4-3-5-19(14-18)28-2/h3-9,14H,10-13H2,1-2H3. The number of benzene rings is 2. The van der Waals surface area contributed by atoms with Crippen LogP contribution >= 0.6 is 0 Å². The van der Waals surface area contributed by atoms with Gasteiger partial charge in [-0.1, -0.05) is 6.07 Å². The molecule has 0 radical (unpaired) electrons. The van der Waals surface area contributed by atoms with Crippen LogP contribution in [0, 0.1) is 6.92 Å². The summed E-state index contributed by atoms with van der Waals surface area (Å²) < 4.78 is 6.94. The van der Waals surface area contributed by atoms with Crippen molar-refractivity contribution >= 4 is 11.6 Å². The Hall–Kier alpha value is -3.42. The molecule has 28 heavy (non-hydrogen) atoms. The number of hydrogen-bond acceptors (Lipinski definition) is 6. The molecule has 0 atom stereocenters. The van der Waals surface area contributed by atoms with E-state index in [1.165, 1.54) is 0 Å². The molecule has 8 heteroatoms. The lowest BCUT2D eigenvalue weighted by Crippen LogP contribution is -2.48.